The zero-order chi connectivity index (χ0) is 19.8. The molecule has 1 aliphatic rings. The van der Waals surface area contributed by atoms with Gasteiger partial charge >= 0.3 is 0 Å². The lowest BCUT2D eigenvalue weighted by atomic mass is 10.2. The number of ether oxygens (including phenoxy) is 1. The molecule has 1 aromatic carbocycles. The van der Waals surface area contributed by atoms with Gasteiger partial charge in [-0.1, -0.05) is 23.1 Å². The quantitative estimate of drug-likeness (QED) is 0.621. The Hall–Kier alpha value is -2.22. The predicted octanol–water partition coefficient (Wildman–Crippen LogP) is 3.31. The lowest BCUT2D eigenvalue weighted by Crippen LogP contribution is -2.33. The van der Waals surface area contributed by atoms with Crippen LogP contribution in [0.15, 0.2) is 28.6 Å². The number of hydrogen-bond donors (Lipinski definition) is 1. The largest absolute Gasteiger partial charge is 0.376 e. The Balaban J connectivity index is 1.53. The van der Waals surface area contributed by atoms with Crippen LogP contribution in [0.2, 0.25) is 0 Å². The highest BCUT2D eigenvalue weighted by atomic mass is 32.2. The summed E-state index contributed by atoms with van der Waals surface area (Å²) in [6, 6.07) is 7.70. The minimum absolute atomic E-state index is 0.156. The number of hydrogen-bond acceptors (Lipinski definition) is 8. The zero-order valence-corrected chi connectivity index (χ0v) is 16.8. The van der Waals surface area contributed by atoms with Gasteiger partial charge in [0.25, 0.3) is 0 Å². The van der Waals surface area contributed by atoms with Crippen molar-refractivity contribution < 1.29 is 13.9 Å². The Labute approximate surface area is 170 Å². The molecule has 3 rings (SSSR count). The van der Waals surface area contributed by atoms with Crippen LogP contribution in [0.3, 0.4) is 0 Å². The van der Waals surface area contributed by atoms with E-state index in [9.17, 15) is 9.18 Å². The molecule has 0 aliphatic carbocycles. The Morgan fingerprint density at radius 1 is 1.43 bits per heavy atom. The standard InChI is InChI=1S/C18H20FN5O2S2/c19-13-4-6-14(7-5-13)24(9-2-8-20)16(25)12-27-18-23-22-17(28-18)21-11-15-3-1-10-26-15/h4-7,15H,1-3,9-12H2,(H,21,22). The van der Waals surface area contributed by atoms with E-state index in [1.54, 1.807) is 0 Å². The van der Waals surface area contributed by atoms with Crippen molar-refractivity contribution >= 4 is 39.8 Å². The van der Waals surface area contributed by atoms with Gasteiger partial charge in [0.2, 0.25) is 11.0 Å². The molecule has 0 saturated carbocycles. The first-order chi connectivity index (χ1) is 13.7. The topological polar surface area (TPSA) is 91.1 Å². The molecule has 7 nitrogen and oxygen atoms in total. The zero-order valence-electron chi connectivity index (χ0n) is 15.1. The van der Waals surface area contributed by atoms with E-state index >= 15 is 0 Å². The van der Waals surface area contributed by atoms with E-state index in [-0.39, 0.29) is 36.5 Å². The van der Waals surface area contributed by atoms with Gasteiger partial charge in [-0.25, -0.2) is 4.39 Å². The fourth-order valence-electron chi connectivity index (χ4n) is 2.73. The van der Waals surface area contributed by atoms with Crippen LogP contribution in [0.25, 0.3) is 0 Å². The number of carbonyl (C=O) groups is 1. The van der Waals surface area contributed by atoms with Crippen LogP contribution in [0.5, 0.6) is 0 Å². The molecule has 1 saturated heterocycles. The van der Waals surface area contributed by atoms with Gasteiger partial charge in [0.05, 0.1) is 24.3 Å². The van der Waals surface area contributed by atoms with E-state index in [1.807, 2.05) is 6.07 Å². The molecule has 0 bridgehead atoms. The van der Waals surface area contributed by atoms with E-state index < -0.39 is 0 Å². The van der Waals surface area contributed by atoms with Gasteiger partial charge in [-0.05, 0) is 37.1 Å². The highest BCUT2D eigenvalue weighted by Gasteiger charge is 2.18. The van der Waals surface area contributed by atoms with Crippen LogP contribution in [0.1, 0.15) is 19.3 Å². The third kappa shape index (κ3) is 5.89. The number of aromatic nitrogens is 2. The molecular formula is C18H20FN5O2S2. The molecular weight excluding hydrogens is 401 g/mol. The van der Waals surface area contributed by atoms with Crippen LogP contribution in [0.4, 0.5) is 15.2 Å². The Morgan fingerprint density at radius 3 is 2.96 bits per heavy atom. The highest BCUT2D eigenvalue weighted by Crippen LogP contribution is 2.27. The molecule has 0 radical (unpaired) electrons. The third-order valence-electron chi connectivity index (χ3n) is 4.12. The number of halogens is 1. The van der Waals surface area contributed by atoms with E-state index in [1.165, 1.54) is 52.3 Å². The lowest BCUT2D eigenvalue weighted by Gasteiger charge is -2.21. The number of carbonyl (C=O) groups excluding carboxylic acids is 1. The second-order valence-corrected chi connectivity index (χ2v) is 8.31. The summed E-state index contributed by atoms with van der Waals surface area (Å²) in [5, 5.41) is 20.9. The van der Waals surface area contributed by atoms with E-state index in [4.69, 9.17) is 10.00 Å². The number of nitrogens with zero attached hydrogens (tertiary/aromatic N) is 4. The van der Waals surface area contributed by atoms with Crippen molar-refractivity contribution in [2.45, 2.75) is 29.7 Å². The molecule has 0 spiro atoms. The molecule has 1 N–H and O–H groups in total. The van der Waals surface area contributed by atoms with Crippen molar-refractivity contribution in [3.8, 4) is 6.07 Å². The van der Waals surface area contributed by atoms with Crippen LogP contribution in [0, 0.1) is 17.1 Å². The number of nitrogens with one attached hydrogen (secondary N) is 1. The summed E-state index contributed by atoms with van der Waals surface area (Å²) in [5.74, 6) is -0.387. The molecule has 1 unspecified atom stereocenters. The van der Waals surface area contributed by atoms with Gasteiger partial charge in [-0.2, -0.15) is 5.26 Å². The summed E-state index contributed by atoms with van der Waals surface area (Å²) >= 11 is 2.68. The minimum atomic E-state index is -0.372. The van der Waals surface area contributed by atoms with Gasteiger partial charge in [0.1, 0.15) is 5.82 Å². The second kappa shape index (κ2) is 10.4. The molecule has 148 valence electrons. The molecule has 1 aromatic heterocycles. The maximum absolute atomic E-state index is 13.1. The van der Waals surface area contributed by atoms with Crippen molar-refractivity contribution in [2.24, 2.45) is 0 Å². The SMILES string of the molecule is N#CCCN(C(=O)CSc1nnc(NCC2CCCO2)s1)c1ccc(F)cc1. The number of amides is 1. The molecule has 2 heterocycles. The van der Waals surface area contributed by atoms with Crippen molar-refractivity contribution in [1.82, 2.24) is 10.2 Å². The Bertz CT molecular complexity index is 818. The molecule has 10 heteroatoms. The van der Waals surface area contributed by atoms with E-state index in [0.29, 0.717) is 21.7 Å². The van der Waals surface area contributed by atoms with Gasteiger partial charge in [0, 0.05) is 25.4 Å². The fourth-order valence-corrected chi connectivity index (χ4v) is 4.36. The molecule has 2 aromatic rings. The minimum Gasteiger partial charge on any atom is -0.376 e. The van der Waals surface area contributed by atoms with Crippen molar-refractivity contribution in [2.75, 3.05) is 35.7 Å². The smallest absolute Gasteiger partial charge is 0.237 e. The van der Waals surface area contributed by atoms with Gasteiger partial charge < -0.3 is 15.0 Å². The van der Waals surface area contributed by atoms with Crippen LogP contribution < -0.4 is 10.2 Å². The molecule has 1 fully saturated rings. The van der Waals surface area contributed by atoms with Crippen LogP contribution >= 0.6 is 23.1 Å². The summed E-state index contributed by atoms with van der Waals surface area (Å²) in [6.45, 7) is 1.76. The second-order valence-electron chi connectivity index (χ2n) is 6.11. The molecule has 1 amide bonds. The highest BCUT2D eigenvalue weighted by molar-refractivity contribution is 8.01. The number of rotatable bonds is 9. The molecule has 1 aliphatic heterocycles. The average molecular weight is 422 g/mol. The lowest BCUT2D eigenvalue weighted by molar-refractivity contribution is -0.116. The number of thioether (sulfide) groups is 1. The predicted molar refractivity (Wildman–Crippen MR) is 107 cm³/mol. The average Bonchev–Trinajstić information content (AvgIpc) is 3.38. The van der Waals surface area contributed by atoms with E-state index in [0.717, 1.165) is 19.4 Å². The third-order valence-corrected chi connectivity index (χ3v) is 6.12. The number of benzene rings is 1. The number of nitriles is 1. The van der Waals surface area contributed by atoms with Gasteiger partial charge in [-0.3, -0.25) is 4.79 Å². The summed E-state index contributed by atoms with van der Waals surface area (Å²) in [7, 11) is 0. The van der Waals surface area contributed by atoms with Crippen molar-refractivity contribution in [1.29, 1.82) is 5.26 Å². The normalized spacial score (nSPS) is 15.9. The van der Waals surface area contributed by atoms with E-state index in [2.05, 4.69) is 15.5 Å². The first-order valence-corrected chi connectivity index (χ1v) is 10.7. The maximum atomic E-state index is 13.1. The van der Waals surface area contributed by atoms with Crippen LogP contribution in [-0.4, -0.2) is 47.7 Å². The first-order valence-electron chi connectivity index (χ1n) is 8.90. The summed E-state index contributed by atoms with van der Waals surface area (Å²) < 4.78 is 19.4. The Morgan fingerprint density at radius 2 is 2.25 bits per heavy atom. The summed E-state index contributed by atoms with van der Waals surface area (Å²) in [4.78, 5) is 14.1. The fraction of sp³-hybridized carbons (Fsp3) is 0.444. The summed E-state index contributed by atoms with van der Waals surface area (Å²) in [5.41, 5.74) is 0.568. The van der Waals surface area contributed by atoms with Crippen molar-refractivity contribution in [3.63, 3.8) is 0 Å². The summed E-state index contributed by atoms with van der Waals surface area (Å²) in [6.07, 6.45) is 2.54. The van der Waals surface area contributed by atoms with Gasteiger partial charge in [0.15, 0.2) is 4.34 Å². The number of anilines is 2. The van der Waals surface area contributed by atoms with Gasteiger partial charge in [-0.15, -0.1) is 10.2 Å². The van der Waals surface area contributed by atoms with Crippen LogP contribution in [-0.2, 0) is 9.53 Å². The first kappa shape index (κ1) is 20.5. The van der Waals surface area contributed by atoms with Crippen molar-refractivity contribution in [3.05, 3.63) is 30.1 Å². The maximum Gasteiger partial charge on any atom is 0.237 e. The monoisotopic (exact) mass is 421 g/mol. The Kier molecular flexibility index (Phi) is 7.59. The molecule has 1 atom stereocenters. The molecule has 28 heavy (non-hydrogen) atoms.